The zero-order chi connectivity index (χ0) is 14.8. The molecule has 1 saturated heterocycles. The van der Waals surface area contributed by atoms with E-state index in [0.29, 0.717) is 13.2 Å². The minimum atomic E-state index is 0.201. The number of rotatable bonds is 5. The summed E-state index contributed by atoms with van der Waals surface area (Å²) >= 11 is 0. The average molecular weight is 290 g/mol. The van der Waals surface area contributed by atoms with E-state index in [2.05, 4.69) is 25.2 Å². The molecule has 21 heavy (non-hydrogen) atoms. The molecule has 0 aromatic heterocycles. The smallest absolute Gasteiger partial charge is 0.231 e. The number of carbonyl (C=O) groups is 1. The molecule has 1 aromatic rings. The first kappa shape index (κ1) is 14.2. The largest absolute Gasteiger partial charge is 0.454 e. The molecule has 1 aromatic carbocycles. The Balaban J connectivity index is 1.58. The van der Waals surface area contributed by atoms with Crippen molar-refractivity contribution in [1.29, 1.82) is 0 Å². The van der Waals surface area contributed by atoms with Gasteiger partial charge < -0.3 is 19.7 Å². The van der Waals surface area contributed by atoms with Crippen LogP contribution in [0.2, 0.25) is 0 Å². The molecule has 2 atom stereocenters. The van der Waals surface area contributed by atoms with E-state index in [4.69, 9.17) is 9.47 Å². The highest BCUT2D eigenvalue weighted by Crippen LogP contribution is 2.34. The van der Waals surface area contributed by atoms with Crippen LogP contribution in [0.5, 0.6) is 11.5 Å². The second-order valence-electron chi connectivity index (χ2n) is 5.85. The van der Waals surface area contributed by atoms with Gasteiger partial charge in [0.15, 0.2) is 11.5 Å². The van der Waals surface area contributed by atoms with Crippen LogP contribution in [0.15, 0.2) is 18.2 Å². The molecule has 0 saturated carbocycles. The summed E-state index contributed by atoms with van der Waals surface area (Å²) in [5.74, 6) is 1.89. The number of carbonyl (C=O) groups excluding carboxylic acids is 1. The fourth-order valence-electron chi connectivity index (χ4n) is 2.99. The number of fused-ring (bicyclic) bond motifs is 1. The van der Waals surface area contributed by atoms with E-state index in [1.165, 1.54) is 5.56 Å². The van der Waals surface area contributed by atoms with E-state index in [-0.39, 0.29) is 18.0 Å². The second-order valence-corrected chi connectivity index (χ2v) is 5.85. The van der Waals surface area contributed by atoms with Gasteiger partial charge in [0, 0.05) is 31.6 Å². The molecule has 0 bridgehead atoms. The third kappa shape index (κ3) is 3.13. The van der Waals surface area contributed by atoms with Gasteiger partial charge in [0.25, 0.3) is 0 Å². The van der Waals surface area contributed by atoms with Gasteiger partial charge in [-0.15, -0.1) is 0 Å². The Morgan fingerprint density at radius 2 is 2.10 bits per heavy atom. The van der Waals surface area contributed by atoms with Gasteiger partial charge in [-0.2, -0.15) is 0 Å². The van der Waals surface area contributed by atoms with Crippen LogP contribution >= 0.6 is 0 Å². The molecule has 2 heterocycles. The van der Waals surface area contributed by atoms with Crippen LogP contribution in [0.25, 0.3) is 0 Å². The van der Waals surface area contributed by atoms with Crippen molar-refractivity contribution in [3.8, 4) is 11.5 Å². The molecule has 5 heteroatoms. The van der Waals surface area contributed by atoms with Gasteiger partial charge in [-0.05, 0) is 38.0 Å². The Hall–Kier alpha value is -1.75. The quantitative estimate of drug-likeness (QED) is 0.902. The van der Waals surface area contributed by atoms with E-state index >= 15 is 0 Å². The summed E-state index contributed by atoms with van der Waals surface area (Å²) in [6.45, 7) is 6.21. The SMILES string of the molecule is CC(CN1CCCC1=O)NC(C)c1ccc2c(c1)OCO2. The standard InChI is InChI=1S/C16H22N2O3/c1-11(9-18-7-3-4-16(18)19)17-12(2)13-5-6-14-15(8-13)21-10-20-14/h5-6,8,11-12,17H,3-4,7,9-10H2,1-2H3. The molecule has 0 spiro atoms. The van der Waals surface area contributed by atoms with Crippen molar-refractivity contribution in [2.45, 2.75) is 38.8 Å². The summed E-state index contributed by atoms with van der Waals surface area (Å²) in [7, 11) is 0. The Morgan fingerprint density at radius 3 is 2.86 bits per heavy atom. The topological polar surface area (TPSA) is 50.8 Å². The van der Waals surface area contributed by atoms with Crippen LogP contribution < -0.4 is 14.8 Å². The van der Waals surface area contributed by atoms with Gasteiger partial charge in [-0.1, -0.05) is 6.07 Å². The monoisotopic (exact) mass is 290 g/mol. The highest BCUT2D eigenvalue weighted by molar-refractivity contribution is 5.78. The Bertz CT molecular complexity index is 532. The lowest BCUT2D eigenvalue weighted by Gasteiger charge is -2.25. The van der Waals surface area contributed by atoms with Gasteiger partial charge in [-0.25, -0.2) is 0 Å². The maximum Gasteiger partial charge on any atom is 0.231 e. The Labute approximate surface area is 125 Å². The minimum absolute atomic E-state index is 0.201. The lowest BCUT2D eigenvalue weighted by atomic mass is 10.1. The van der Waals surface area contributed by atoms with Crippen molar-refractivity contribution in [2.75, 3.05) is 19.9 Å². The molecule has 1 amide bonds. The predicted molar refractivity (Wildman–Crippen MR) is 79.4 cm³/mol. The number of amides is 1. The maximum absolute atomic E-state index is 11.7. The average Bonchev–Trinajstić information content (AvgIpc) is 3.07. The zero-order valence-electron chi connectivity index (χ0n) is 12.6. The molecular formula is C16H22N2O3. The van der Waals surface area contributed by atoms with Crippen molar-refractivity contribution in [2.24, 2.45) is 0 Å². The van der Waals surface area contributed by atoms with Gasteiger partial charge in [0.1, 0.15) is 0 Å². The van der Waals surface area contributed by atoms with Crippen molar-refractivity contribution >= 4 is 5.91 Å². The summed E-state index contributed by atoms with van der Waals surface area (Å²) in [4.78, 5) is 13.6. The molecule has 5 nitrogen and oxygen atoms in total. The van der Waals surface area contributed by atoms with Crippen molar-refractivity contribution in [3.63, 3.8) is 0 Å². The number of nitrogens with zero attached hydrogens (tertiary/aromatic N) is 1. The van der Waals surface area contributed by atoms with Crippen LogP contribution in [0.1, 0.15) is 38.3 Å². The lowest BCUT2D eigenvalue weighted by molar-refractivity contribution is -0.127. The molecule has 2 aliphatic rings. The third-order valence-electron chi connectivity index (χ3n) is 4.10. The number of benzene rings is 1. The van der Waals surface area contributed by atoms with E-state index in [1.54, 1.807) is 0 Å². The van der Waals surface area contributed by atoms with Gasteiger partial charge >= 0.3 is 0 Å². The first-order valence-electron chi connectivity index (χ1n) is 7.57. The van der Waals surface area contributed by atoms with Crippen molar-refractivity contribution < 1.29 is 14.3 Å². The number of hydrogen-bond donors (Lipinski definition) is 1. The first-order chi connectivity index (χ1) is 10.1. The summed E-state index contributed by atoms with van der Waals surface area (Å²) < 4.78 is 10.7. The van der Waals surface area contributed by atoms with Crippen LogP contribution in [-0.2, 0) is 4.79 Å². The van der Waals surface area contributed by atoms with E-state index in [9.17, 15) is 4.79 Å². The highest BCUT2D eigenvalue weighted by atomic mass is 16.7. The molecule has 1 fully saturated rings. The summed E-state index contributed by atoms with van der Waals surface area (Å²) in [6.07, 6.45) is 1.69. The Morgan fingerprint density at radius 1 is 1.29 bits per heavy atom. The van der Waals surface area contributed by atoms with E-state index in [0.717, 1.165) is 31.0 Å². The molecular weight excluding hydrogens is 268 g/mol. The maximum atomic E-state index is 11.7. The summed E-state index contributed by atoms with van der Waals surface area (Å²) in [5, 5.41) is 3.54. The molecule has 3 rings (SSSR count). The van der Waals surface area contributed by atoms with E-state index < -0.39 is 0 Å². The number of likely N-dealkylation sites (tertiary alicyclic amines) is 1. The second kappa shape index (κ2) is 5.93. The summed E-state index contributed by atoms with van der Waals surface area (Å²) in [6, 6.07) is 6.48. The number of hydrogen-bond acceptors (Lipinski definition) is 4. The lowest BCUT2D eigenvalue weighted by Crippen LogP contribution is -2.40. The van der Waals surface area contributed by atoms with Crippen molar-refractivity contribution in [3.05, 3.63) is 23.8 Å². The molecule has 114 valence electrons. The van der Waals surface area contributed by atoms with Crippen molar-refractivity contribution in [1.82, 2.24) is 10.2 Å². The molecule has 1 N–H and O–H groups in total. The first-order valence-corrected chi connectivity index (χ1v) is 7.57. The minimum Gasteiger partial charge on any atom is -0.454 e. The van der Waals surface area contributed by atoms with E-state index in [1.807, 2.05) is 17.0 Å². The molecule has 0 aliphatic carbocycles. The highest BCUT2D eigenvalue weighted by Gasteiger charge is 2.23. The van der Waals surface area contributed by atoms with Crippen LogP contribution in [0, 0.1) is 0 Å². The fraction of sp³-hybridized carbons (Fsp3) is 0.562. The molecule has 0 radical (unpaired) electrons. The van der Waals surface area contributed by atoms with Crippen LogP contribution in [-0.4, -0.2) is 36.7 Å². The van der Waals surface area contributed by atoms with Gasteiger partial charge in [-0.3, -0.25) is 4.79 Å². The fourth-order valence-corrected chi connectivity index (χ4v) is 2.99. The number of ether oxygens (including phenoxy) is 2. The van der Waals surface area contributed by atoms with Gasteiger partial charge in [0.05, 0.1) is 0 Å². The third-order valence-corrected chi connectivity index (χ3v) is 4.10. The normalized spacial score (nSPS) is 19.9. The Kier molecular flexibility index (Phi) is 4.01. The van der Waals surface area contributed by atoms with Crippen LogP contribution in [0.4, 0.5) is 0 Å². The van der Waals surface area contributed by atoms with Crippen LogP contribution in [0.3, 0.4) is 0 Å². The predicted octanol–water partition coefficient (Wildman–Crippen LogP) is 2.08. The van der Waals surface area contributed by atoms with Gasteiger partial charge in [0.2, 0.25) is 12.7 Å². The number of nitrogens with one attached hydrogen (secondary N) is 1. The summed E-state index contributed by atoms with van der Waals surface area (Å²) in [5.41, 5.74) is 1.17. The molecule has 2 aliphatic heterocycles. The zero-order valence-corrected chi connectivity index (χ0v) is 12.6. The molecule has 2 unspecified atom stereocenters.